The normalized spacial score (nSPS) is 12.1. The first-order chi connectivity index (χ1) is 17.4. The summed E-state index contributed by atoms with van der Waals surface area (Å²) in [6.07, 6.45) is 3.18. The Balaban J connectivity index is 1.51. The zero-order valence-corrected chi connectivity index (χ0v) is 21.3. The molecule has 4 aromatic rings. The van der Waals surface area contributed by atoms with E-state index in [9.17, 15) is 4.79 Å². The van der Waals surface area contributed by atoms with Crippen LogP contribution >= 0.6 is 22.9 Å². The largest absolute Gasteiger partial charge is 0.481 e. The average molecular weight is 516 g/mol. The number of aliphatic imine (C=N–C) groups is 1. The Morgan fingerprint density at radius 3 is 2.67 bits per heavy atom. The molecule has 5 rings (SSSR count). The van der Waals surface area contributed by atoms with Crippen molar-refractivity contribution in [2.24, 2.45) is 4.99 Å². The molecule has 0 amide bonds. The smallest absolute Gasteiger partial charge is 0.303 e. The van der Waals surface area contributed by atoms with Crippen LogP contribution in [0.25, 0.3) is 5.00 Å². The summed E-state index contributed by atoms with van der Waals surface area (Å²) in [5.41, 5.74) is 5.60. The summed E-state index contributed by atoms with van der Waals surface area (Å²) in [6.45, 7) is 4.44. The number of nitrogens with zero attached hydrogens (tertiary/aromatic N) is 5. The highest BCUT2D eigenvalue weighted by atomic mass is 35.5. The Hall–Kier alpha value is -3.80. The van der Waals surface area contributed by atoms with Gasteiger partial charge in [0.25, 0.3) is 0 Å². The number of pyridine rings is 1. The molecule has 180 valence electrons. The fourth-order valence-corrected chi connectivity index (χ4v) is 5.47. The van der Waals surface area contributed by atoms with Crippen molar-refractivity contribution >= 4 is 34.6 Å². The van der Waals surface area contributed by atoms with Crippen LogP contribution in [-0.4, -0.2) is 36.5 Å². The first-order valence-electron chi connectivity index (χ1n) is 11.4. The number of hydrogen-bond acceptors (Lipinski definition) is 6. The van der Waals surface area contributed by atoms with Crippen LogP contribution in [0.2, 0.25) is 5.02 Å². The Kier molecular flexibility index (Phi) is 6.68. The van der Waals surface area contributed by atoms with Gasteiger partial charge in [0.05, 0.1) is 10.6 Å². The number of aryl methyl sites for hydroxylation is 2. The maximum Gasteiger partial charge on any atom is 0.303 e. The highest BCUT2D eigenvalue weighted by Gasteiger charge is 2.27. The third-order valence-corrected chi connectivity index (χ3v) is 7.39. The molecular weight excluding hydrogens is 494 g/mol. The van der Waals surface area contributed by atoms with Gasteiger partial charge in [-0.15, -0.1) is 21.5 Å². The second-order valence-electron chi connectivity index (χ2n) is 8.46. The van der Waals surface area contributed by atoms with E-state index in [4.69, 9.17) is 21.7 Å². The first-order valence-corrected chi connectivity index (χ1v) is 12.6. The zero-order chi connectivity index (χ0) is 25.2. The van der Waals surface area contributed by atoms with Gasteiger partial charge in [-0.05, 0) is 67.9 Å². The molecule has 3 aromatic heterocycles. The predicted molar refractivity (Wildman–Crippen MR) is 140 cm³/mol. The molecular formula is C27H22ClN5O2S. The van der Waals surface area contributed by atoms with Crippen LogP contribution in [0.5, 0.6) is 0 Å². The minimum atomic E-state index is -0.784. The van der Waals surface area contributed by atoms with Crippen LogP contribution in [0.15, 0.2) is 47.6 Å². The van der Waals surface area contributed by atoms with Gasteiger partial charge in [0, 0.05) is 28.8 Å². The molecule has 0 unspecified atom stereocenters. The number of carbonyl (C=O) groups is 1. The number of fused-ring (bicyclic) bond motifs is 3. The molecule has 0 spiro atoms. The molecule has 0 bridgehead atoms. The van der Waals surface area contributed by atoms with Crippen molar-refractivity contribution in [3.63, 3.8) is 0 Å². The molecule has 0 atom stereocenters. The molecule has 1 N–H and O–H groups in total. The second kappa shape index (κ2) is 10.1. The Bertz CT molecular complexity index is 1540. The molecule has 0 radical (unpaired) electrons. The fraction of sp³-hybridized carbons (Fsp3) is 0.222. The number of carboxylic acid groups (broad SMARTS) is 1. The summed E-state index contributed by atoms with van der Waals surface area (Å²) >= 11 is 7.73. The Morgan fingerprint density at radius 1 is 1.14 bits per heavy atom. The molecule has 1 aromatic carbocycles. The van der Waals surface area contributed by atoms with E-state index in [0.29, 0.717) is 30.1 Å². The van der Waals surface area contributed by atoms with Gasteiger partial charge in [-0.1, -0.05) is 29.8 Å². The second-order valence-corrected chi connectivity index (χ2v) is 9.89. The topological polar surface area (TPSA) is 93.3 Å². The van der Waals surface area contributed by atoms with Gasteiger partial charge in [-0.3, -0.25) is 14.4 Å². The van der Waals surface area contributed by atoms with Gasteiger partial charge in [0.1, 0.15) is 23.1 Å². The van der Waals surface area contributed by atoms with Gasteiger partial charge >= 0.3 is 5.97 Å². The van der Waals surface area contributed by atoms with Crippen molar-refractivity contribution in [1.29, 1.82) is 0 Å². The minimum absolute atomic E-state index is 0.152. The van der Waals surface area contributed by atoms with Gasteiger partial charge in [-0.2, -0.15) is 0 Å². The third kappa shape index (κ3) is 4.81. The summed E-state index contributed by atoms with van der Waals surface area (Å²) in [5, 5.41) is 19.1. The molecule has 0 aliphatic carbocycles. The molecule has 0 fully saturated rings. The van der Waals surface area contributed by atoms with E-state index in [1.54, 1.807) is 17.5 Å². The number of aliphatic carboxylic acids is 1. The maximum atomic E-state index is 10.7. The van der Waals surface area contributed by atoms with Crippen molar-refractivity contribution in [1.82, 2.24) is 19.7 Å². The lowest BCUT2D eigenvalue weighted by atomic mass is 10.00. The van der Waals surface area contributed by atoms with Crippen molar-refractivity contribution in [2.45, 2.75) is 39.7 Å². The van der Waals surface area contributed by atoms with E-state index in [0.717, 1.165) is 49.5 Å². The third-order valence-electron chi connectivity index (χ3n) is 5.94. The van der Waals surface area contributed by atoms with Gasteiger partial charge in [0.2, 0.25) is 0 Å². The molecule has 4 heterocycles. The quantitative estimate of drug-likeness (QED) is 0.371. The number of aromatic nitrogens is 4. The fourth-order valence-electron chi connectivity index (χ4n) is 4.11. The molecule has 0 saturated carbocycles. The van der Waals surface area contributed by atoms with Crippen molar-refractivity contribution in [3.05, 3.63) is 92.1 Å². The van der Waals surface area contributed by atoms with Crippen molar-refractivity contribution in [3.8, 4) is 16.8 Å². The molecule has 36 heavy (non-hydrogen) atoms. The maximum absolute atomic E-state index is 10.7. The average Bonchev–Trinajstić information content (AvgIpc) is 3.33. The van der Waals surface area contributed by atoms with Crippen molar-refractivity contribution < 1.29 is 9.90 Å². The zero-order valence-electron chi connectivity index (χ0n) is 19.7. The van der Waals surface area contributed by atoms with Gasteiger partial charge in [0.15, 0.2) is 5.82 Å². The van der Waals surface area contributed by atoms with Crippen LogP contribution in [0.3, 0.4) is 0 Å². The monoisotopic (exact) mass is 515 g/mol. The summed E-state index contributed by atoms with van der Waals surface area (Å²) in [5.74, 6) is 7.30. The SMILES string of the molecule is Cc1c(C#Cc2ccc(CCCC(=O)O)cn2)sc2c1C(c1ccc(Cl)cc1)=NCc1nnc(C)n1-2. The van der Waals surface area contributed by atoms with E-state index in [-0.39, 0.29) is 6.42 Å². The number of halogens is 1. The van der Waals surface area contributed by atoms with Crippen LogP contribution < -0.4 is 0 Å². The lowest BCUT2D eigenvalue weighted by molar-refractivity contribution is -0.137. The first kappa shape index (κ1) is 23.9. The van der Waals surface area contributed by atoms with Crippen LogP contribution in [0, 0.1) is 25.7 Å². The molecule has 0 saturated heterocycles. The van der Waals surface area contributed by atoms with Crippen LogP contribution in [0.1, 0.15) is 57.3 Å². The lowest BCUT2D eigenvalue weighted by Crippen LogP contribution is -2.07. The van der Waals surface area contributed by atoms with Crippen LogP contribution in [0.4, 0.5) is 0 Å². The van der Waals surface area contributed by atoms with E-state index >= 15 is 0 Å². The van der Waals surface area contributed by atoms with E-state index in [1.165, 1.54) is 0 Å². The number of benzene rings is 1. The Morgan fingerprint density at radius 2 is 1.94 bits per heavy atom. The number of rotatable bonds is 5. The predicted octanol–water partition coefficient (Wildman–Crippen LogP) is 5.15. The van der Waals surface area contributed by atoms with Crippen molar-refractivity contribution in [2.75, 3.05) is 0 Å². The number of hydrogen-bond donors (Lipinski definition) is 1. The summed E-state index contributed by atoms with van der Waals surface area (Å²) in [7, 11) is 0. The standard InChI is InChI=1S/C27H22ClN5O2S/c1-16-22(13-12-21-11-6-18(14-29-21)4-3-5-24(34)35)36-27-25(16)26(19-7-9-20(28)10-8-19)30-15-23-32-31-17(2)33(23)27/h6-11,14H,3-5,15H2,1-2H3,(H,34,35). The summed E-state index contributed by atoms with van der Waals surface area (Å²) < 4.78 is 2.06. The highest BCUT2D eigenvalue weighted by Crippen LogP contribution is 2.36. The summed E-state index contributed by atoms with van der Waals surface area (Å²) in [4.78, 5) is 21.0. The van der Waals surface area contributed by atoms with Crippen LogP contribution in [-0.2, 0) is 17.8 Å². The minimum Gasteiger partial charge on any atom is -0.481 e. The van der Waals surface area contributed by atoms with E-state index in [2.05, 4.69) is 38.5 Å². The lowest BCUT2D eigenvalue weighted by Gasteiger charge is -2.09. The number of thiophene rings is 1. The summed E-state index contributed by atoms with van der Waals surface area (Å²) in [6, 6.07) is 11.5. The highest BCUT2D eigenvalue weighted by molar-refractivity contribution is 7.15. The molecule has 1 aliphatic rings. The van der Waals surface area contributed by atoms with E-state index in [1.807, 2.05) is 43.3 Å². The Labute approximate surface area is 217 Å². The number of carboxylic acids is 1. The van der Waals surface area contributed by atoms with E-state index < -0.39 is 5.97 Å². The van der Waals surface area contributed by atoms with Gasteiger partial charge in [-0.25, -0.2) is 4.98 Å². The molecule has 9 heteroatoms. The van der Waals surface area contributed by atoms with Gasteiger partial charge < -0.3 is 5.11 Å². The molecule has 1 aliphatic heterocycles. The molecule has 7 nitrogen and oxygen atoms in total.